The van der Waals surface area contributed by atoms with Crippen LogP contribution in [0.1, 0.15) is 41.0 Å². The van der Waals surface area contributed by atoms with E-state index in [1.165, 1.54) is 0 Å². The number of hydroxylamine groups is 2. The number of rotatable bonds is 4. The Balaban J connectivity index is 4.05. The summed E-state index contributed by atoms with van der Waals surface area (Å²) in [6, 6.07) is 0.127. The molecular formula is C10H22NO-. The first-order valence-corrected chi connectivity index (χ1v) is 4.67. The van der Waals surface area contributed by atoms with Gasteiger partial charge in [-0.15, -0.1) is 0 Å². The molecule has 0 saturated carbocycles. The van der Waals surface area contributed by atoms with Gasteiger partial charge in [-0.2, -0.15) is 0 Å². The molecule has 0 rings (SSSR count). The van der Waals surface area contributed by atoms with Crippen molar-refractivity contribution in [3.8, 4) is 0 Å². The van der Waals surface area contributed by atoms with E-state index >= 15 is 0 Å². The molecule has 0 aromatic heterocycles. The predicted octanol–water partition coefficient (Wildman–Crippen LogP) is 2.88. The van der Waals surface area contributed by atoms with Gasteiger partial charge in [0.15, 0.2) is 0 Å². The highest BCUT2D eigenvalue weighted by Gasteiger charge is 2.24. The Hall–Kier alpha value is -0.0800. The van der Waals surface area contributed by atoms with E-state index in [1.54, 1.807) is 7.05 Å². The van der Waals surface area contributed by atoms with Crippen molar-refractivity contribution in [2.24, 2.45) is 11.3 Å². The molecule has 0 amide bonds. The Morgan fingerprint density at radius 2 is 1.67 bits per heavy atom. The van der Waals surface area contributed by atoms with Gasteiger partial charge in [0.25, 0.3) is 0 Å². The van der Waals surface area contributed by atoms with Crippen LogP contribution in [-0.2, 0) is 0 Å². The standard InChI is InChI=1S/C10H22NO/c1-8(2)10(4,5)7-9(3)11(6)12/h8-9H,7H2,1-6H3/q-1. The second-order valence-corrected chi connectivity index (χ2v) is 4.74. The van der Waals surface area contributed by atoms with Crippen LogP contribution in [0, 0.1) is 16.5 Å². The van der Waals surface area contributed by atoms with Crippen LogP contribution in [0.3, 0.4) is 0 Å². The van der Waals surface area contributed by atoms with Gasteiger partial charge in [0, 0.05) is 0 Å². The minimum Gasteiger partial charge on any atom is -0.785 e. The van der Waals surface area contributed by atoms with Gasteiger partial charge in [-0.05, 0) is 30.8 Å². The topological polar surface area (TPSA) is 26.3 Å². The van der Waals surface area contributed by atoms with Crippen molar-refractivity contribution in [1.82, 2.24) is 5.06 Å². The first kappa shape index (κ1) is 11.9. The Morgan fingerprint density at radius 3 is 1.92 bits per heavy atom. The fourth-order valence-corrected chi connectivity index (χ4v) is 1.13. The van der Waals surface area contributed by atoms with Crippen molar-refractivity contribution >= 4 is 0 Å². The van der Waals surface area contributed by atoms with E-state index in [4.69, 9.17) is 0 Å². The Bertz CT molecular complexity index is 130. The second-order valence-electron chi connectivity index (χ2n) is 4.74. The summed E-state index contributed by atoms with van der Waals surface area (Å²) in [5, 5.41) is 12.0. The van der Waals surface area contributed by atoms with Crippen molar-refractivity contribution in [3.05, 3.63) is 5.21 Å². The second kappa shape index (κ2) is 4.24. The third-order valence-electron chi connectivity index (χ3n) is 3.01. The van der Waals surface area contributed by atoms with Crippen LogP contribution in [-0.4, -0.2) is 18.2 Å². The van der Waals surface area contributed by atoms with Gasteiger partial charge in [0.2, 0.25) is 0 Å². The number of hydrogen-bond donors (Lipinski definition) is 0. The molecule has 0 saturated heterocycles. The highest BCUT2D eigenvalue weighted by atomic mass is 16.5. The molecular weight excluding hydrogens is 150 g/mol. The molecule has 2 heteroatoms. The first-order valence-electron chi connectivity index (χ1n) is 4.67. The van der Waals surface area contributed by atoms with Crippen LogP contribution < -0.4 is 0 Å². The summed E-state index contributed by atoms with van der Waals surface area (Å²) in [7, 11) is 1.60. The monoisotopic (exact) mass is 172 g/mol. The molecule has 0 aliphatic carbocycles. The summed E-state index contributed by atoms with van der Waals surface area (Å²) in [4.78, 5) is 0. The summed E-state index contributed by atoms with van der Waals surface area (Å²) >= 11 is 0. The van der Waals surface area contributed by atoms with Crippen molar-refractivity contribution in [2.75, 3.05) is 7.05 Å². The van der Waals surface area contributed by atoms with E-state index in [2.05, 4.69) is 27.7 Å². The fourth-order valence-electron chi connectivity index (χ4n) is 1.13. The normalized spacial score (nSPS) is 15.8. The van der Waals surface area contributed by atoms with Crippen molar-refractivity contribution in [1.29, 1.82) is 0 Å². The summed E-state index contributed by atoms with van der Waals surface area (Å²) in [6.07, 6.45) is 0.963. The minimum absolute atomic E-state index is 0.127. The number of hydrogen-bond acceptors (Lipinski definition) is 2. The minimum atomic E-state index is 0.127. The fraction of sp³-hybridized carbons (Fsp3) is 1.00. The lowest BCUT2D eigenvalue weighted by atomic mass is 9.76. The van der Waals surface area contributed by atoms with Crippen molar-refractivity contribution in [3.63, 3.8) is 0 Å². The van der Waals surface area contributed by atoms with Gasteiger partial charge in [0.05, 0.1) is 0 Å². The average Bonchev–Trinajstić information content (AvgIpc) is 1.85. The van der Waals surface area contributed by atoms with E-state index in [0.29, 0.717) is 5.92 Å². The highest BCUT2D eigenvalue weighted by molar-refractivity contribution is 4.78. The maximum atomic E-state index is 11.0. The third kappa shape index (κ3) is 3.55. The molecule has 74 valence electrons. The third-order valence-corrected chi connectivity index (χ3v) is 3.01. The maximum absolute atomic E-state index is 11.0. The van der Waals surface area contributed by atoms with Gasteiger partial charge in [-0.1, -0.05) is 34.6 Å². The molecule has 2 nitrogen and oxygen atoms in total. The zero-order valence-electron chi connectivity index (χ0n) is 9.22. The summed E-state index contributed by atoms with van der Waals surface area (Å²) in [6.45, 7) is 10.8. The molecule has 0 radical (unpaired) electrons. The number of nitrogens with zero attached hydrogens (tertiary/aromatic N) is 1. The molecule has 0 aliphatic rings. The molecule has 0 N–H and O–H groups in total. The van der Waals surface area contributed by atoms with E-state index in [9.17, 15) is 5.21 Å². The SMILES string of the molecule is CC(CC(C)(C)C(C)C)N(C)[O-]. The summed E-state index contributed by atoms with van der Waals surface area (Å²) in [5.41, 5.74) is 0.262. The smallest absolute Gasteiger partial charge is 0.00518 e. The van der Waals surface area contributed by atoms with E-state index in [1.807, 2.05) is 6.92 Å². The molecule has 12 heavy (non-hydrogen) atoms. The summed E-state index contributed by atoms with van der Waals surface area (Å²) < 4.78 is 0. The molecule has 0 spiro atoms. The molecule has 0 aromatic rings. The van der Waals surface area contributed by atoms with Crippen molar-refractivity contribution < 1.29 is 0 Å². The van der Waals surface area contributed by atoms with Gasteiger partial charge >= 0.3 is 0 Å². The van der Waals surface area contributed by atoms with Gasteiger partial charge < -0.3 is 10.3 Å². The molecule has 0 heterocycles. The average molecular weight is 172 g/mol. The molecule has 0 bridgehead atoms. The van der Waals surface area contributed by atoms with Gasteiger partial charge in [-0.3, -0.25) is 0 Å². The quantitative estimate of drug-likeness (QED) is 0.609. The lowest BCUT2D eigenvalue weighted by Gasteiger charge is -2.38. The molecule has 0 aliphatic heterocycles. The Labute approximate surface area is 76.5 Å². The van der Waals surface area contributed by atoms with E-state index in [-0.39, 0.29) is 11.5 Å². The molecule has 0 aromatic carbocycles. The van der Waals surface area contributed by atoms with Crippen LogP contribution in [0.4, 0.5) is 0 Å². The van der Waals surface area contributed by atoms with Crippen LogP contribution in [0.2, 0.25) is 0 Å². The molecule has 1 atom stereocenters. The summed E-state index contributed by atoms with van der Waals surface area (Å²) in [5.74, 6) is 0.625. The Kier molecular flexibility index (Phi) is 4.21. The van der Waals surface area contributed by atoms with E-state index < -0.39 is 0 Å². The largest absolute Gasteiger partial charge is 0.785 e. The van der Waals surface area contributed by atoms with Crippen LogP contribution >= 0.6 is 0 Å². The highest BCUT2D eigenvalue weighted by Crippen LogP contribution is 2.32. The van der Waals surface area contributed by atoms with E-state index in [0.717, 1.165) is 11.5 Å². The lowest BCUT2D eigenvalue weighted by Crippen LogP contribution is -2.31. The van der Waals surface area contributed by atoms with Crippen molar-refractivity contribution in [2.45, 2.75) is 47.1 Å². The molecule has 0 fully saturated rings. The van der Waals surface area contributed by atoms with Gasteiger partial charge in [-0.25, -0.2) is 0 Å². The zero-order valence-corrected chi connectivity index (χ0v) is 9.22. The molecule has 1 unspecified atom stereocenters. The maximum Gasteiger partial charge on any atom is -0.00518 e. The van der Waals surface area contributed by atoms with Crippen LogP contribution in [0.5, 0.6) is 0 Å². The lowest BCUT2D eigenvalue weighted by molar-refractivity contribution is 0.169. The first-order chi connectivity index (χ1) is 5.27. The zero-order chi connectivity index (χ0) is 9.94. The predicted molar refractivity (Wildman–Crippen MR) is 53.8 cm³/mol. The van der Waals surface area contributed by atoms with Gasteiger partial charge in [0.1, 0.15) is 0 Å². The Morgan fingerprint density at radius 1 is 1.25 bits per heavy atom. The van der Waals surface area contributed by atoms with Crippen LogP contribution in [0.25, 0.3) is 0 Å². The van der Waals surface area contributed by atoms with Crippen LogP contribution in [0.15, 0.2) is 0 Å².